The Hall–Kier alpha value is -3.26. The molecule has 0 radical (unpaired) electrons. The minimum Gasteiger partial charge on any atom is -0.298 e. The molecule has 2 aromatic carbocycles. The van der Waals surface area contributed by atoms with Crippen LogP contribution in [0.1, 0.15) is 20.7 Å². The first-order valence-corrected chi connectivity index (χ1v) is 8.92. The predicted molar refractivity (Wildman–Crippen MR) is 97.5 cm³/mol. The van der Waals surface area contributed by atoms with Crippen molar-refractivity contribution >= 4 is 29.3 Å². The van der Waals surface area contributed by atoms with Gasteiger partial charge in [-0.15, -0.1) is 10.2 Å². The number of imide groups is 1. The van der Waals surface area contributed by atoms with E-state index in [1.165, 1.54) is 11.8 Å². The fraction of sp³-hybridized carbons (Fsp3) is 0.0556. The lowest BCUT2D eigenvalue weighted by atomic mass is 10.1. The Morgan fingerprint density at radius 3 is 2.00 bits per heavy atom. The van der Waals surface area contributed by atoms with Gasteiger partial charge in [-0.3, -0.25) is 19.4 Å². The highest BCUT2D eigenvalue weighted by atomic mass is 32.2. The van der Waals surface area contributed by atoms with Crippen molar-refractivity contribution in [2.45, 2.75) is 5.16 Å². The van der Waals surface area contributed by atoms with Gasteiger partial charge in [-0.2, -0.15) is 0 Å². The first kappa shape index (κ1) is 16.2. The van der Waals surface area contributed by atoms with Crippen LogP contribution in [0.4, 0.5) is 5.69 Å². The van der Waals surface area contributed by atoms with Crippen LogP contribution in [-0.2, 0) is 0 Å². The molecule has 0 bridgehead atoms. The molecular weight excluding hydrogens is 352 g/mol. The summed E-state index contributed by atoms with van der Waals surface area (Å²) in [6.45, 7) is 0. The van der Waals surface area contributed by atoms with Crippen molar-refractivity contribution in [2.75, 3.05) is 11.2 Å². The Morgan fingerprint density at radius 1 is 0.846 bits per heavy atom. The van der Waals surface area contributed by atoms with Crippen molar-refractivity contribution in [1.82, 2.24) is 15.2 Å². The van der Waals surface area contributed by atoms with Crippen molar-refractivity contribution in [3.63, 3.8) is 0 Å². The van der Waals surface area contributed by atoms with Gasteiger partial charge in [0.1, 0.15) is 0 Å². The molecule has 0 aliphatic carbocycles. The molecule has 1 N–H and O–H groups in total. The van der Waals surface area contributed by atoms with E-state index >= 15 is 0 Å². The Labute approximate surface area is 152 Å². The number of carbonyl (C=O) groups is 2. The van der Waals surface area contributed by atoms with E-state index in [0.717, 1.165) is 4.90 Å². The minimum absolute atomic E-state index is 0.0509. The molecule has 0 spiro atoms. The van der Waals surface area contributed by atoms with Gasteiger partial charge in [0.15, 0.2) is 10.9 Å². The van der Waals surface area contributed by atoms with Gasteiger partial charge in [0.05, 0.1) is 16.8 Å². The highest BCUT2D eigenvalue weighted by molar-refractivity contribution is 7.98. The molecule has 4 rings (SSSR count). The van der Waals surface area contributed by atoms with E-state index in [1.807, 2.05) is 0 Å². The minimum atomic E-state index is -0.437. The first-order chi connectivity index (χ1) is 12.6. The number of thioether (sulfide) groups is 1. The Balaban J connectivity index is 1.87. The maximum Gasteiger partial charge on any atom is 0.278 e. The molecule has 8 heteroatoms. The number of carbonyl (C=O) groups excluding carboxylic acids is 2. The molecule has 1 aromatic heterocycles. The summed E-state index contributed by atoms with van der Waals surface area (Å²) in [6, 6.07) is 13.3. The summed E-state index contributed by atoms with van der Waals surface area (Å²) in [5, 5.41) is 8.32. The standard InChI is InChI=1S/C18H12N4O3S/c1-26-18-19-15(23)14(20-21-18)12-8-4-5-9-13(12)22-16(24)10-6-2-3-7-11(10)17(22)25/h2-9H,1H3,(H,19,21,23). The number of aromatic amines is 1. The van der Waals surface area contributed by atoms with Gasteiger partial charge in [0, 0.05) is 5.56 Å². The molecule has 26 heavy (non-hydrogen) atoms. The van der Waals surface area contributed by atoms with Gasteiger partial charge in [0.25, 0.3) is 17.4 Å². The molecule has 2 heterocycles. The zero-order chi connectivity index (χ0) is 18.3. The molecule has 3 aromatic rings. The zero-order valence-corrected chi connectivity index (χ0v) is 14.4. The highest BCUT2D eigenvalue weighted by Gasteiger charge is 2.37. The summed E-state index contributed by atoms with van der Waals surface area (Å²) in [6.07, 6.45) is 1.77. The molecular formula is C18H12N4O3S. The van der Waals surface area contributed by atoms with Gasteiger partial charge >= 0.3 is 0 Å². The van der Waals surface area contributed by atoms with Crippen molar-refractivity contribution in [2.24, 2.45) is 0 Å². The summed E-state index contributed by atoms with van der Waals surface area (Å²) in [7, 11) is 0. The number of amides is 2. The predicted octanol–water partition coefficient (Wildman–Crippen LogP) is 2.35. The summed E-state index contributed by atoms with van der Waals surface area (Å²) < 4.78 is 0. The lowest BCUT2D eigenvalue weighted by Crippen LogP contribution is -2.30. The molecule has 0 fully saturated rings. The number of anilines is 1. The lowest BCUT2D eigenvalue weighted by molar-refractivity contribution is 0.0926. The van der Waals surface area contributed by atoms with Crippen molar-refractivity contribution < 1.29 is 9.59 Å². The average Bonchev–Trinajstić information content (AvgIpc) is 2.93. The van der Waals surface area contributed by atoms with Crippen LogP contribution in [0.2, 0.25) is 0 Å². The van der Waals surface area contributed by atoms with E-state index in [2.05, 4.69) is 15.2 Å². The first-order valence-electron chi connectivity index (χ1n) is 7.70. The number of H-pyrrole nitrogens is 1. The topological polar surface area (TPSA) is 96.0 Å². The summed E-state index contributed by atoms with van der Waals surface area (Å²) >= 11 is 1.26. The molecule has 2 amide bonds. The fourth-order valence-electron chi connectivity index (χ4n) is 2.87. The van der Waals surface area contributed by atoms with Crippen LogP contribution < -0.4 is 10.5 Å². The number of rotatable bonds is 3. The third kappa shape index (κ3) is 2.42. The number of aromatic nitrogens is 3. The van der Waals surface area contributed by atoms with Crippen LogP contribution in [0.3, 0.4) is 0 Å². The Bertz CT molecular complexity index is 1070. The van der Waals surface area contributed by atoms with Gasteiger partial charge in [-0.05, 0) is 24.5 Å². The van der Waals surface area contributed by atoms with Crippen molar-refractivity contribution in [1.29, 1.82) is 0 Å². The van der Waals surface area contributed by atoms with E-state index < -0.39 is 17.4 Å². The van der Waals surface area contributed by atoms with Crippen LogP contribution in [-0.4, -0.2) is 33.3 Å². The number of benzene rings is 2. The number of para-hydroxylation sites is 1. The highest BCUT2D eigenvalue weighted by Crippen LogP contribution is 2.34. The second kappa shape index (κ2) is 6.23. The number of nitrogens with one attached hydrogen (secondary N) is 1. The molecule has 1 aliphatic heterocycles. The van der Waals surface area contributed by atoms with Gasteiger partial charge < -0.3 is 0 Å². The monoisotopic (exact) mass is 364 g/mol. The third-order valence-corrected chi connectivity index (χ3v) is 4.63. The lowest BCUT2D eigenvalue weighted by Gasteiger charge is -2.17. The molecule has 0 saturated heterocycles. The molecule has 0 atom stereocenters. The number of fused-ring (bicyclic) bond motifs is 1. The molecule has 7 nitrogen and oxygen atoms in total. The maximum atomic E-state index is 12.8. The Morgan fingerprint density at radius 2 is 1.42 bits per heavy atom. The average molecular weight is 364 g/mol. The quantitative estimate of drug-likeness (QED) is 0.566. The van der Waals surface area contributed by atoms with E-state index in [0.29, 0.717) is 27.5 Å². The number of hydrogen-bond donors (Lipinski definition) is 1. The SMILES string of the molecule is CSc1nnc(-c2ccccc2N2C(=O)c3ccccc3C2=O)c(=O)[nH]1. The second-order valence-electron chi connectivity index (χ2n) is 5.52. The van der Waals surface area contributed by atoms with Gasteiger partial charge in [0.2, 0.25) is 0 Å². The third-order valence-electron chi connectivity index (χ3n) is 4.06. The number of hydrogen-bond acceptors (Lipinski definition) is 6. The van der Waals surface area contributed by atoms with E-state index in [1.54, 1.807) is 54.8 Å². The van der Waals surface area contributed by atoms with Crippen LogP contribution >= 0.6 is 11.8 Å². The molecule has 0 saturated carbocycles. The van der Waals surface area contributed by atoms with Crippen LogP contribution in [0.5, 0.6) is 0 Å². The maximum absolute atomic E-state index is 12.8. The van der Waals surface area contributed by atoms with E-state index in [9.17, 15) is 14.4 Å². The molecule has 0 unspecified atom stereocenters. The van der Waals surface area contributed by atoms with E-state index in [4.69, 9.17) is 0 Å². The van der Waals surface area contributed by atoms with Crippen LogP contribution in [0.15, 0.2) is 58.5 Å². The summed E-state index contributed by atoms with van der Waals surface area (Å²) in [5.41, 5.74) is 0.956. The zero-order valence-electron chi connectivity index (χ0n) is 13.6. The Kier molecular flexibility index (Phi) is 3.89. The molecule has 128 valence electrons. The van der Waals surface area contributed by atoms with Crippen molar-refractivity contribution in [3.05, 3.63) is 70.0 Å². The van der Waals surface area contributed by atoms with Crippen LogP contribution in [0, 0.1) is 0 Å². The second-order valence-corrected chi connectivity index (χ2v) is 6.32. The summed E-state index contributed by atoms with van der Waals surface area (Å²) in [4.78, 5) is 41.6. The smallest absolute Gasteiger partial charge is 0.278 e. The normalized spacial score (nSPS) is 13.2. The fourth-order valence-corrected chi connectivity index (χ4v) is 3.18. The summed E-state index contributed by atoms with van der Waals surface area (Å²) in [5.74, 6) is -0.855. The van der Waals surface area contributed by atoms with Crippen molar-refractivity contribution in [3.8, 4) is 11.3 Å². The molecule has 1 aliphatic rings. The van der Waals surface area contributed by atoms with Crippen LogP contribution in [0.25, 0.3) is 11.3 Å². The van der Waals surface area contributed by atoms with Gasteiger partial charge in [-0.1, -0.05) is 42.1 Å². The van der Waals surface area contributed by atoms with Gasteiger partial charge in [-0.25, -0.2) is 4.90 Å². The van der Waals surface area contributed by atoms with E-state index in [-0.39, 0.29) is 5.69 Å². The largest absolute Gasteiger partial charge is 0.298 e. The number of nitrogens with zero attached hydrogens (tertiary/aromatic N) is 3.